The molecule has 0 radical (unpaired) electrons. The number of rotatable bonds is 6. The summed E-state index contributed by atoms with van der Waals surface area (Å²) in [5.74, 6) is -1.23. The first-order valence-electron chi connectivity index (χ1n) is 4.77. The highest BCUT2D eigenvalue weighted by Gasteiger charge is 2.18. The van der Waals surface area contributed by atoms with Crippen molar-refractivity contribution >= 4 is 11.9 Å². The van der Waals surface area contributed by atoms with Crippen molar-refractivity contribution in [2.75, 3.05) is 20.6 Å². The molecule has 0 aromatic heterocycles. The molecule has 5 heteroatoms. The van der Waals surface area contributed by atoms with Gasteiger partial charge in [0.15, 0.2) is 0 Å². The van der Waals surface area contributed by atoms with E-state index in [1.54, 1.807) is 4.90 Å². The zero-order valence-corrected chi connectivity index (χ0v) is 9.95. The van der Waals surface area contributed by atoms with Crippen LogP contribution in [0.15, 0.2) is 24.3 Å². The van der Waals surface area contributed by atoms with E-state index >= 15 is 0 Å². The average Bonchev–Trinajstić information content (AvgIpc) is 2.14. The van der Waals surface area contributed by atoms with Crippen molar-refractivity contribution in [1.82, 2.24) is 4.90 Å². The summed E-state index contributed by atoms with van der Waals surface area (Å²) in [4.78, 5) is 24.0. The smallest absolute Gasteiger partial charge is 0.335 e. The van der Waals surface area contributed by atoms with Crippen LogP contribution in [0, 0.1) is 0 Å². The Bertz CT molecular complexity index is 321. The van der Waals surface area contributed by atoms with Crippen molar-refractivity contribution in [3.05, 3.63) is 24.3 Å². The number of hydrogen-bond acceptors (Lipinski definition) is 4. The highest BCUT2D eigenvalue weighted by molar-refractivity contribution is 5.93. The summed E-state index contributed by atoms with van der Waals surface area (Å²) in [6.07, 6.45) is -0.732. The molecule has 0 saturated heterocycles. The van der Waals surface area contributed by atoms with Gasteiger partial charge in [0.25, 0.3) is 0 Å². The fourth-order valence-electron chi connectivity index (χ4n) is 0.962. The molecule has 0 fully saturated rings. The molecule has 0 aromatic carbocycles. The summed E-state index contributed by atoms with van der Waals surface area (Å²) < 4.78 is 4.97. The molecule has 1 unspecified atom stereocenters. The molecule has 5 nitrogen and oxygen atoms in total. The summed E-state index contributed by atoms with van der Waals surface area (Å²) in [7, 11) is 3.62. The van der Waals surface area contributed by atoms with Crippen LogP contribution >= 0.6 is 0 Å². The van der Waals surface area contributed by atoms with E-state index in [-0.39, 0.29) is 5.57 Å². The van der Waals surface area contributed by atoms with Crippen molar-refractivity contribution in [2.24, 2.45) is 5.73 Å². The monoisotopic (exact) mass is 226 g/mol. The Hall–Kier alpha value is -1.62. The Morgan fingerprint density at radius 1 is 1.38 bits per heavy atom. The van der Waals surface area contributed by atoms with Crippen LogP contribution in [-0.4, -0.2) is 43.5 Å². The molecule has 1 atom stereocenters. The van der Waals surface area contributed by atoms with Gasteiger partial charge in [-0.15, -0.1) is 0 Å². The van der Waals surface area contributed by atoms with Gasteiger partial charge in [-0.1, -0.05) is 13.2 Å². The van der Waals surface area contributed by atoms with Crippen LogP contribution in [0.2, 0.25) is 0 Å². The van der Waals surface area contributed by atoms with Gasteiger partial charge in [0.2, 0.25) is 5.91 Å². The molecule has 0 aliphatic carbocycles. The predicted molar refractivity (Wildman–Crippen MR) is 61.6 cm³/mol. The first kappa shape index (κ1) is 14.4. The molecule has 0 aromatic rings. The number of carbonyl (C=O) groups is 2. The summed E-state index contributed by atoms with van der Waals surface area (Å²) in [6.45, 7) is 8.96. The van der Waals surface area contributed by atoms with Crippen LogP contribution in [0.3, 0.4) is 0 Å². The van der Waals surface area contributed by atoms with Gasteiger partial charge in [-0.2, -0.15) is 0 Å². The van der Waals surface area contributed by atoms with Gasteiger partial charge in [0, 0.05) is 17.7 Å². The highest BCUT2D eigenvalue weighted by Crippen LogP contribution is 2.07. The van der Waals surface area contributed by atoms with E-state index in [0.29, 0.717) is 12.1 Å². The van der Waals surface area contributed by atoms with Gasteiger partial charge >= 0.3 is 5.97 Å². The third kappa shape index (κ3) is 4.75. The van der Waals surface area contributed by atoms with E-state index < -0.39 is 18.0 Å². The molecule has 0 saturated carbocycles. The fraction of sp³-hybridized carbons (Fsp3) is 0.455. The Morgan fingerprint density at radius 2 is 1.88 bits per heavy atom. The average molecular weight is 226 g/mol. The van der Waals surface area contributed by atoms with Crippen molar-refractivity contribution < 1.29 is 14.3 Å². The van der Waals surface area contributed by atoms with Gasteiger partial charge in [-0.3, -0.25) is 4.79 Å². The molecule has 90 valence electrons. The topological polar surface area (TPSA) is 72.6 Å². The molecule has 16 heavy (non-hydrogen) atoms. The third-order valence-corrected chi connectivity index (χ3v) is 1.89. The summed E-state index contributed by atoms with van der Waals surface area (Å²) >= 11 is 0. The molecule has 2 N–H and O–H groups in total. The number of nitrogens with zero attached hydrogens (tertiary/aromatic N) is 1. The van der Waals surface area contributed by atoms with E-state index in [0.717, 1.165) is 0 Å². The van der Waals surface area contributed by atoms with Crippen LogP contribution in [0.25, 0.3) is 0 Å². The van der Waals surface area contributed by atoms with Crippen LogP contribution in [0.1, 0.15) is 6.92 Å². The third-order valence-electron chi connectivity index (χ3n) is 1.89. The van der Waals surface area contributed by atoms with Crippen molar-refractivity contribution in [2.45, 2.75) is 13.0 Å². The van der Waals surface area contributed by atoms with E-state index in [1.807, 2.05) is 14.1 Å². The van der Waals surface area contributed by atoms with Gasteiger partial charge < -0.3 is 15.4 Å². The number of likely N-dealkylation sites (N-methyl/N-ethyl adjacent to an activating group) is 1. The zero-order valence-electron chi connectivity index (χ0n) is 9.95. The summed E-state index contributed by atoms with van der Waals surface area (Å²) in [5, 5.41) is 0. The number of esters is 1. The molecule has 0 aliphatic heterocycles. The predicted octanol–water partition coefficient (Wildman–Crippen LogP) is 0.0774. The van der Waals surface area contributed by atoms with E-state index in [4.69, 9.17) is 10.5 Å². The lowest BCUT2D eigenvalue weighted by Gasteiger charge is -2.16. The number of carbonyl (C=O) groups excluding carboxylic acids is 2. The largest absolute Gasteiger partial charge is 0.454 e. The first-order valence-corrected chi connectivity index (χ1v) is 4.77. The molecular weight excluding hydrogens is 208 g/mol. The molecule has 0 bridgehead atoms. The van der Waals surface area contributed by atoms with E-state index in [2.05, 4.69) is 13.2 Å². The van der Waals surface area contributed by atoms with Crippen molar-refractivity contribution in [1.29, 1.82) is 0 Å². The van der Waals surface area contributed by atoms with Crippen LogP contribution in [0.4, 0.5) is 0 Å². The van der Waals surface area contributed by atoms with Gasteiger partial charge in [-0.05, 0) is 21.0 Å². The van der Waals surface area contributed by atoms with Gasteiger partial charge in [-0.25, -0.2) is 4.79 Å². The lowest BCUT2D eigenvalue weighted by atomic mass is 10.2. The molecule has 0 rings (SSSR count). The van der Waals surface area contributed by atoms with Gasteiger partial charge in [0.1, 0.15) is 6.10 Å². The standard InChI is InChI=1S/C11H18N2O3/c1-7(6-13(4)5)11(15)16-9(3)8(2)10(12)14/h9H,1-2,6H2,3-5H3,(H2,12,14). The number of nitrogens with two attached hydrogens (primary N) is 1. The van der Waals surface area contributed by atoms with E-state index in [9.17, 15) is 9.59 Å². The number of hydrogen-bond donors (Lipinski definition) is 1. The van der Waals surface area contributed by atoms with E-state index in [1.165, 1.54) is 6.92 Å². The Morgan fingerprint density at radius 3 is 2.25 bits per heavy atom. The minimum atomic E-state index is -0.732. The molecular formula is C11H18N2O3. The number of amides is 1. The molecule has 1 amide bonds. The maximum atomic E-state index is 11.5. The molecule has 0 heterocycles. The number of ether oxygens (including phenoxy) is 1. The van der Waals surface area contributed by atoms with Crippen LogP contribution < -0.4 is 5.73 Å². The lowest BCUT2D eigenvalue weighted by molar-refractivity contribution is -0.142. The lowest BCUT2D eigenvalue weighted by Crippen LogP contribution is -2.28. The van der Waals surface area contributed by atoms with Gasteiger partial charge in [0.05, 0.1) is 0 Å². The van der Waals surface area contributed by atoms with Crippen LogP contribution in [-0.2, 0) is 14.3 Å². The maximum Gasteiger partial charge on any atom is 0.335 e. The highest BCUT2D eigenvalue weighted by atomic mass is 16.5. The minimum absolute atomic E-state index is 0.0611. The normalized spacial score (nSPS) is 12.0. The van der Waals surface area contributed by atoms with Crippen LogP contribution in [0.5, 0.6) is 0 Å². The van der Waals surface area contributed by atoms with Crippen molar-refractivity contribution in [3.63, 3.8) is 0 Å². The molecule has 0 spiro atoms. The molecule has 0 aliphatic rings. The number of primary amides is 1. The Balaban J connectivity index is 4.30. The summed E-state index contributed by atoms with van der Waals surface area (Å²) in [6, 6.07) is 0. The second-order valence-electron chi connectivity index (χ2n) is 3.78. The first-order chi connectivity index (χ1) is 7.25. The second-order valence-corrected chi connectivity index (χ2v) is 3.78. The second kappa shape index (κ2) is 6.07. The Kier molecular flexibility index (Phi) is 5.46. The fourth-order valence-corrected chi connectivity index (χ4v) is 0.962. The Labute approximate surface area is 95.5 Å². The minimum Gasteiger partial charge on any atom is -0.454 e. The quantitative estimate of drug-likeness (QED) is 0.514. The maximum absolute atomic E-state index is 11.5. The van der Waals surface area contributed by atoms with Crippen molar-refractivity contribution in [3.8, 4) is 0 Å². The summed E-state index contributed by atoms with van der Waals surface area (Å²) in [5.41, 5.74) is 5.38. The zero-order chi connectivity index (χ0) is 12.9. The SMILES string of the molecule is C=C(CN(C)C)C(=O)OC(C)C(=C)C(N)=O.